The summed E-state index contributed by atoms with van der Waals surface area (Å²) in [6, 6.07) is 0. The zero-order valence-corrected chi connectivity index (χ0v) is 8.43. The molecule has 1 saturated heterocycles. The van der Waals surface area contributed by atoms with E-state index in [9.17, 15) is 4.79 Å². The first-order valence-electron chi connectivity index (χ1n) is 3.48. The third kappa shape index (κ3) is 0.989. The molecule has 0 radical (unpaired) electrons. The van der Waals surface area contributed by atoms with E-state index >= 15 is 0 Å². The number of hydrogen-bond donors (Lipinski definition) is 0. The Morgan fingerprint density at radius 3 is 3.00 bits per heavy atom. The topological polar surface area (TPSA) is 26.3 Å². The molecular formula is C7H8O2W. The minimum atomic E-state index is 0.0428. The Balaban J connectivity index is 2.20. The molecule has 2 bridgehead atoms. The van der Waals surface area contributed by atoms with Crippen molar-refractivity contribution in [2.75, 3.05) is 0 Å². The molecule has 10 heavy (non-hydrogen) atoms. The zero-order chi connectivity index (χ0) is 7.14. The third-order valence-corrected chi connectivity index (χ3v) is 3.29. The van der Waals surface area contributed by atoms with Crippen molar-refractivity contribution >= 4 is 9.87 Å². The third-order valence-electron chi connectivity index (χ3n) is 2.09. The molecule has 2 nitrogen and oxygen atoms in total. The fourth-order valence-electron chi connectivity index (χ4n) is 1.63. The average Bonchev–Trinajstić information content (AvgIpc) is 2.07. The average molecular weight is 308 g/mol. The first kappa shape index (κ1) is 6.72. The maximum absolute atomic E-state index is 11.0. The van der Waals surface area contributed by atoms with Crippen LogP contribution in [-0.2, 0) is 28.9 Å². The van der Waals surface area contributed by atoms with Crippen molar-refractivity contribution in [3.05, 3.63) is 0 Å². The number of rotatable bonds is 0. The molecule has 2 atom stereocenters. The molecule has 1 aliphatic carbocycles. The molecule has 0 N–H and O–H groups in total. The summed E-state index contributed by atoms with van der Waals surface area (Å²) in [5, 5.41) is 0. The number of hydrogen-bond acceptors (Lipinski definition) is 2. The van der Waals surface area contributed by atoms with Crippen LogP contribution in [0.15, 0.2) is 0 Å². The van der Waals surface area contributed by atoms with Gasteiger partial charge in [-0.25, -0.2) is 0 Å². The van der Waals surface area contributed by atoms with Crippen LogP contribution >= 0.6 is 0 Å². The van der Waals surface area contributed by atoms with E-state index in [0.717, 1.165) is 19.3 Å². The number of esters is 1. The van der Waals surface area contributed by atoms with Gasteiger partial charge in [-0.2, -0.15) is 0 Å². The van der Waals surface area contributed by atoms with Crippen molar-refractivity contribution in [2.45, 2.75) is 25.4 Å². The van der Waals surface area contributed by atoms with Crippen molar-refractivity contribution in [1.82, 2.24) is 0 Å². The minimum absolute atomic E-state index is 0.0428. The summed E-state index contributed by atoms with van der Waals surface area (Å²) < 4.78 is 6.62. The van der Waals surface area contributed by atoms with Gasteiger partial charge in [0.25, 0.3) is 0 Å². The molecular weight excluding hydrogens is 300 g/mol. The predicted octanol–water partition coefficient (Wildman–Crippen LogP) is 0.431. The molecule has 1 aliphatic heterocycles. The summed E-state index contributed by atoms with van der Waals surface area (Å²) in [5.74, 6) is 0.271. The molecule has 0 aromatic heterocycles. The molecule has 3 heteroatoms. The summed E-state index contributed by atoms with van der Waals surface area (Å²) in [6.45, 7) is 0. The summed E-state index contributed by atoms with van der Waals surface area (Å²) in [6.07, 6.45) is 3.27. The number of fused-ring (bicyclic) bond motifs is 2. The van der Waals surface area contributed by atoms with Crippen LogP contribution in [0.3, 0.4) is 0 Å². The SMILES string of the molecule is O=C1OC2C[C](=[W])C[C@@H]1C2. The molecule has 0 amide bonds. The van der Waals surface area contributed by atoms with Crippen molar-refractivity contribution in [3.63, 3.8) is 0 Å². The van der Waals surface area contributed by atoms with Gasteiger partial charge in [0.1, 0.15) is 0 Å². The Labute approximate surface area is 70.3 Å². The van der Waals surface area contributed by atoms with Crippen LogP contribution in [0.4, 0.5) is 0 Å². The first-order chi connectivity index (χ1) is 4.75. The monoisotopic (exact) mass is 308 g/mol. The van der Waals surface area contributed by atoms with Crippen LogP contribution in [-0.4, -0.2) is 16.0 Å². The van der Waals surface area contributed by atoms with E-state index in [1.807, 2.05) is 0 Å². The number of carbonyl (C=O) groups excluding carboxylic acids is 1. The second-order valence-electron chi connectivity index (χ2n) is 2.94. The molecule has 0 aromatic rings. The molecule has 2 aliphatic rings. The zero-order valence-electron chi connectivity index (χ0n) is 5.50. The Morgan fingerprint density at radius 2 is 2.30 bits per heavy atom. The van der Waals surface area contributed by atoms with Crippen LogP contribution in [0.5, 0.6) is 0 Å². The van der Waals surface area contributed by atoms with E-state index in [-0.39, 0.29) is 18.0 Å². The number of ether oxygens (including phenoxy) is 1. The molecule has 1 unspecified atom stereocenters. The molecule has 1 saturated carbocycles. The van der Waals surface area contributed by atoms with E-state index in [4.69, 9.17) is 4.74 Å². The molecule has 0 spiro atoms. The van der Waals surface area contributed by atoms with Crippen LogP contribution < -0.4 is 0 Å². The van der Waals surface area contributed by atoms with Crippen LogP contribution in [0.1, 0.15) is 19.3 Å². The Hall–Kier alpha value is 0.0283. The summed E-state index contributed by atoms with van der Waals surface area (Å²) >= 11 is 1.53. The van der Waals surface area contributed by atoms with E-state index in [2.05, 4.69) is 0 Å². The van der Waals surface area contributed by atoms with Gasteiger partial charge >= 0.3 is 70.0 Å². The molecule has 1 heterocycles. The van der Waals surface area contributed by atoms with Crippen molar-refractivity contribution in [1.29, 1.82) is 0 Å². The Bertz CT molecular complexity index is 198. The van der Waals surface area contributed by atoms with Gasteiger partial charge in [0.2, 0.25) is 0 Å². The maximum atomic E-state index is 11.0. The van der Waals surface area contributed by atoms with Crippen LogP contribution in [0.2, 0.25) is 0 Å². The van der Waals surface area contributed by atoms with E-state index < -0.39 is 0 Å². The molecule has 2 fully saturated rings. The second-order valence-corrected chi connectivity index (χ2v) is 5.01. The predicted molar refractivity (Wildman–Crippen MR) is 32.2 cm³/mol. The van der Waals surface area contributed by atoms with Crippen LogP contribution in [0.25, 0.3) is 0 Å². The van der Waals surface area contributed by atoms with Gasteiger partial charge in [-0.3, -0.25) is 0 Å². The summed E-state index contributed by atoms with van der Waals surface area (Å²) in [4.78, 5) is 11.0. The van der Waals surface area contributed by atoms with Crippen molar-refractivity contribution in [2.24, 2.45) is 5.92 Å². The van der Waals surface area contributed by atoms with E-state index in [1.165, 1.54) is 23.3 Å². The summed E-state index contributed by atoms with van der Waals surface area (Å²) in [7, 11) is 0. The normalized spacial score (nSPS) is 38.0. The van der Waals surface area contributed by atoms with Gasteiger partial charge in [-0.05, 0) is 0 Å². The molecule has 0 aromatic carbocycles. The van der Waals surface area contributed by atoms with Crippen LogP contribution in [0, 0.1) is 5.92 Å². The van der Waals surface area contributed by atoms with Gasteiger partial charge in [-0.15, -0.1) is 0 Å². The van der Waals surface area contributed by atoms with Crippen molar-refractivity contribution < 1.29 is 28.9 Å². The Kier molecular flexibility index (Phi) is 1.52. The number of carbonyl (C=O) groups is 1. The van der Waals surface area contributed by atoms with Gasteiger partial charge in [0, 0.05) is 0 Å². The van der Waals surface area contributed by atoms with Gasteiger partial charge in [-0.1, -0.05) is 0 Å². The molecule has 54 valence electrons. The quantitative estimate of drug-likeness (QED) is 0.607. The van der Waals surface area contributed by atoms with Gasteiger partial charge < -0.3 is 0 Å². The standard InChI is InChI=1S/C7H8O2.W/c8-7-5-2-1-3-6(4-5)9-7;/h5-6H,2-4H2;/t5-,6?;/m1./s1. The van der Waals surface area contributed by atoms with E-state index in [0.29, 0.717) is 0 Å². The van der Waals surface area contributed by atoms with Gasteiger partial charge in [0.15, 0.2) is 0 Å². The Morgan fingerprint density at radius 1 is 1.50 bits per heavy atom. The molecule has 2 rings (SSSR count). The van der Waals surface area contributed by atoms with Gasteiger partial charge in [0.05, 0.1) is 0 Å². The van der Waals surface area contributed by atoms with E-state index in [1.54, 1.807) is 0 Å². The first-order valence-corrected chi connectivity index (χ1v) is 4.94. The second kappa shape index (κ2) is 2.27. The van der Waals surface area contributed by atoms with Crippen molar-refractivity contribution in [3.8, 4) is 0 Å². The fraction of sp³-hybridized carbons (Fsp3) is 0.714. The fourth-order valence-corrected chi connectivity index (χ4v) is 3.02. The summed E-state index contributed by atoms with van der Waals surface area (Å²) in [5.41, 5.74) is 0.